The molecule has 0 aromatic heterocycles. The third-order valence-electron chi connectivity index (χ3n) is 6.69. The number of primary amides is 1. The summed E-state index contributed by atoms with van der Waals surface area (Å²) >= 11 is 0. The number of likely N-dealkylation sites (tertiary alicyclic amines) is 1. The average Bonchev–Trinajstić information content (AvgIpc) is 3.46. The summed E-state index contributed by atoms with van der Waals surface area (Å²) in [5, 5.41) is 10.0. The van der Waals surface area contributed by atoms with Crippen molar-refractivity contribution in [2.45, 2.75) is 30.9 Å². The van der Waals surface area contributed by atoms with E-state index in [2.05, 4.69) is 0 Å². The molecule has 2 fully saturated rings. The molecule has 8 heteroatoms. The zero-order valence-corrected chi connectivity index (χ0v) is 19.5. The first-order valence-corrected chi connectivity index (χ1v) is 11.8. The van der Waals surface area contributed by atoms with E-state index in [1.807, 2.05) is 18.2 Å². The second kappa shape index (κ2) is 9.83. The van der Waals surface area contributed by atoms with Crippen molar-refractivity contribution in [3.05, 3.63) is 89.5 Å². The van der Waals surface area contributed by atoms with E-state index < -0.39 is 17.9 Å². The molecular weight excluding hydrogens is 460 g/mol. The van der Waals surface area contributed by atoms with Crippen LogP contribution in [-0.2, 0) is 20.7 Å². The zero-order valence-electron chi connectivity index (χ0n) is 19.5. The van der Waals surface area contributed by atoms with Crippen molar-refractivity contribution in [3.8, 4) is 17.2 Å². The summed E-state index contributed by atoms with van der Waals surface area (Å²) in [7, 11) is 0. The van der Waals surface area contributed by atoms with Gasteiger partial charge in [-0.15, -0.1) is 0 Å². The fourth-order valence-corrected chi connectivity index (χ4v) is 5.10. The predicted molar refractivity (Wildman–Crippen MR) is 131 cm³/mol. The Bertz CT molecular complexity index is 1310. The number of fused-ring (bicyclic) bond motifs is 1. The van der Waals surface area contributed by atoms with Gasteiger partial charge in [-0.1, -0.05) is 36.4 Å². The number of carbonyl (C=O) groups excluding carboxylic acids is 3. The summed E-state index contributed by atoms with van der Waals surface area (Å²) in [6.45, 7) is 0.348. The van der Waals surface area contributed by atoms with Gasteiger partial charge in [0.15, 0.2) is 5.78 Å². The highest BCUT2D eigenvalue weighted by Crippen LogP contribution is 2.39. The lowest BCUT2D eigenvalue weighted by molar-refractivity contribution is -0.137. The van der Waals surface area contributed by atoms with Crippen molar-refractivity contribution >= 4 is 17.6 Å². The van der Waals surface area contributed by atoms with Crippen LogP contribution in [0, 0.1) is 0 Å². The van der Waals surface area contributed by atoms with Gasteiger partial charge in [-0.3, -0.25) is 14.4 Å². The highest BCUT2D eigenvalue weighted by Gasteiger charge is 2.48. The van der Waals surface area contributed by atoms with Gasteiger partial charge in [0.05, 0.1) is 12.0 Å². The summed E-state index contributed by atoms with van der Waals surface area (Å²) < 4.78 is 11.7. The van der Waals surface area contributed by atoms with E-state index in [4.69, 9.17) is 15.2 Å². The Balaban J connectivity index is 1.62. The molecule has 3 atom stereocenters. The Labute approximate surface area is 208 Å². The van der Waals surface area contributed by atoms with Crippen LogP contribution in [0.4, 0.5) is 0 Å². The Morgan fingerprint density at radius 1 is 1.08 bits per heavy atom. The minimum atomic E-state index is -0.902. The van der Waals surface area contributed by atoms with Crippen molar-refractivity contribution in [1.82, 2.24) is 4.90 Å². The molecule has 2 aliphatic heterocycles. The van der Waals surface area contributed by atoms with Crippen LogP contribution < -0.4 is 10.5 Å². The van der Waals surface area contributed by atoms with Crippen LogP contribution >= 0.6 is 0 Å². The minimum Gasteiger partial charge on any atom is -0.508 e. The highest BCUT2D eigenvalue weighted by molar-refractivity contribution is 5.99. The van der Waals surface area contributed by atoms with Crippen molar-refractivity contribution in [1.29, 1.82) is 0 Å². The van der Waals surface area contributed by atoms with Crippen LogP contribution in [0.5, 0.6) is 17.2 Å². The largest absolute Gasteiger partial charge is 0.508 e. The Hall–Kier alpha value is -4.17. The Morgan fingerprint density at radius 2 is 1.86 bits per heavy atom. The summed E-state index contributed by atoms with van der Waals surface area (Å²) in [5.74, 6) is -1.14. The maximum atomic E-state index is 14.2. The number of hydrogen-bond acceptors (Lipinski definition) is 6. The molecule has 2 aliphatic rings. The molecule has 0 spiro atoms. The standard InChI is InChI=1S/C28H26N2O6/c29-27(33)20-10-5-11-23(36-19-8-2-1-3-9-19)25(20)21(15-17-6-4-7-18(31)14-17)28(34)30-13-12-24-26(30)22(32)16-35-24/h1-11,14,21,24,26,31H,12-13,15-16H2,(H2,29,33). The lowest BCUT2D eigenvalue weighted by atomic mass is 9.86. The van der Waals surface area contributed by atoms with Gasteiger partial charge in [-0.05, 0) is 54.8 Å². The number of rotatable bonds is 7. The number of nitrogens with zero attached hydrogens (tertiary/aromatic N) is 1. The first-order chi connectivity index (χ1) is 17.4. The van der Waals surface area contributed by atoms with E-state index in [9.17, 15) is 19.5 Å². The average molecular weight is 487 g/mol. The first kappa shape index (κ1) is 23.6. The molecule has 0 aliphatic carbocycles. The molecule has 3 unspecified atom stereocenters. The topological polar surface area (TPSA) is 119 Å². The number of ether oxygens (including phenoxy) is 2. The van der Waals surface area contributed by atoms with Gasteiger partial charge in [0.25, 0.3) is 0 Å². The van der Waals surface area contributed by atoms with E-state index in [-0.39, 0.29) is 42.1 Å². The van der Waals surface area contributed by atoms with Crippen LogP contribution in [0.2, 0.25) is 0 Å². The highest BCUT2D eigenvalue weighted by atomic mass is 16.5. The summed E-state index contributed by atoms with van der Waals surface area (Å²) in [6.07, 6.45) is 0.395. The summed E-state index contributed by atoms with van der Waals surface area (Å²) in [4.78, 5) is 40.8. The number of aromatic hydroxyl groups is 1. The fraction of sp³-hybridized carbons (Fsp3) is 0.250. The van der Waals surface area contributed by atoms with E-state index in [1.165, 1.54) is 0 Å². The fourth-order valence-electron chi connectivity index (χ4n) is 5.10. The van der Waals surface area contributed by atoms with Gasteiger partial charge in [0.1, 0.15) is 29.9 Å². The second-order valence-corrected chi connectivity index (χ2v) is 9.00. The minimum absolute atomic E-state index is 0.0173. The van der Waals surface area contributed by atoms with Crippen molar-refractivity contribution in [3.63, 3.8) is 0 Å². The van der Waals surface area contributed by atoms with Gasteiger partial charge in [0.2, 0.25) is 11.8 Å². The number of nitrogens with two attached hydrogens (primary N) is 1. The number of phenolic OH excluding ortho intramolecular Hbond substituents is 1. The molecular formula is C28H26N2O6. The number of ketones is 1. The molecule has 0 saturated carbocycles. The third kappa shape index (κ3) is 4.55. The number of hydrogen-bond donors (Lipinski definition) is 2. The second-order valence-electron chi connectivity index (χ2n) is 9.00. The molecule has 2 amide bonds. The Kier molecular flexibility index (Phi) is 6.43. The van der Waals surface area contributed by atoms with E-state index in [0.29, 0.717) is 35.6 Å². The number of amides is 2. The first-order valence-electron chi connectivity index (χ1n) is 11.8. The van der Waals surface area contributed by atoms with Crippen molar-refractivity contribution < 1.29 is 29.0 Å². The molecule has 3 N–H and O–H groups in total. The summed E-state index contributed by atoms with van der Waals surface area (Å²) in [5.41, 5.74) is 6.95. The van der Waals surface area contributed by atoms with Gasteiger partial charge in [-0.25, -0.2) is 0 Å². The molecule has 3 aromatic rings. The molecule has 2 heterocycles. The monoisotopic (exact) mass is 486 g/mol. The van der Waals surface area contributed by atoms with Gasteiger partial charge in [0, 0.05) is 17.7 Å². The van der Waals surface area contributed by atoms with E-state index in [0.717, 1.165) is 0 Å². The van der Waals surface area contributed by atoms with Crippen LogP contribution in [0.1, 0.15) is 33.8 Å². The molecule has 0 radical (unpaired) electrons. The number of benzene rings is 3. The van der Waals surface area contributed by atoms with Crippen molar-refractivity contribution in [2.75, 3.05) is 13.2 Å². The number of carbonyl (C=O) groups is 3. The Morgan fingerprint density at radius 3 is 2.61 bits per heavy atom. The van der Waals surface area contributed by atoms with E-state index >= 15 is 0 Å². The van der Waals surface area contributed by atoms with Gasteiger partial charge >= 0.3 is 0 Å². The van der Waals surface area contributed by atoms with E-state index in [1.54, 1.807) is 59.5 Å². The van der Waals surface area contributed by atoms with Crippen molar-refractivity contribution in [2.24, 2.45) is 5.73 Å². The lowest BCUT2D eigenvalue weighted by Gasteiger charge is -2.29. The van der Waals surface area contributed by atoms with Gasteiger partial charge in [-0.2, -0.15) is 0 Å². The quantitative estimate of drug-likeness (QED) is 0.530. The molecule has 36 heavy (non-hydrogen) atoms. The van der Waals surface area contributed by atoms with Crippen LogP contribution in [0.25, 0.3) is 0 Å². The lowest BCUT2D eigenvalue weighted by Crippen LogP contribution is -2.44. The number of para-hydroxylation sites is 1. The molecule has 2 saturated heterocycles. The smallest absolute Gasteiger partial charge is 0.249 e. The van der Waals surface area contributed by atoms with Crippen LogP contribution in [0.3, 0.4) is 0 Å². The van der Waals surface area contributed by atoms with Crippen LogP contribution in [-0.4, -0.2) is 52.9 Å². The maximum Gasteiger partial charge on any atom is 0.249 e. The predicted octanol–water partition coefficient (Wildman–Crippen LogP) is 3.18. The maximum absolute atomic E-state index is 14.2. The molecule has 0 bridgehead atoms. The molecule has 8 nitrogen and oxygen atoms in total. The third-order valence-corrected chi connectivity index (χ3v) is 6.69. The zero-order chi connectivity index (χ0) is 25.2. The number of phenols is 1. The van der Waals surface area contributed by atoms with Crippen LogP contribution in [0.15, 0.2) is 72.8 Å². The van der Waals surface area contributed by atoms with Gasteiger partial charge < -0.3 is 25.2 Å². The normalized spacial score (nSPS) is 19.7. The molecule has 5 rings (SSSR count). The SMILES string of the molecule is NC(=O)c1cccc(Oc2ccccc2)c1C(Cc1cccc(O)c1)C(=O)N1CCC2OCC(=O)C21. The molecule has 184 valence electrons. The summed E-state index contributed by atoms with van der Waals surface area (Å²) in [6, 6.07) is 19.9. The molecule has 3 aromatic carbocycles. The number of Topliss-reactive ketones (excluding diaryl/α,β-unsaturated/α-hetero) is 1.